The van der Waals surface area contributed by atoms with E-state index in [-0.39, 0.29) is 5.97 Å². The molecule has 0 aromatic heterocycles. The van der Waals surface area contributed by atoms with Gasteiger partial charge in [0.05, 0.1) is 6.61 Å². The predicted molar refractivity (Wildman–Crippen MR) is 85.1 cm³/mol. The maximum absolute atomic E-state index is 12.3. The van der Waals surface area contributed by atoms with E-state index in [2.05, 4.69) is 12.2 Å². The van der Waals surface area contributed by atoms with E-state index in [9.17, 15) is 4.79 Å². The van der Waals surface area contributed by atoms with Gasteiger partial charge in [-0.25, -0.2) is 0 Å². The van der Waals surface area contributed by atoms with Gasteiger partial charge in [-0.2, -0.15) is 11.8 Å². The first-order valence-electron chi connectivity index (χ1n) is 8.10. The summed E-state index contributed by atoms with van der Waals surface area (Å²) in [4.78, 5) is 12.3. The highest BCUT2D eigenvalue weighted by Gasteiger charge is 2.40. The number of hydrogen-bond acceptors (Lipinski definition) is 4. The zero-order chi connectivity index (χ0) is 14.6. The summed E-state index contributed by atoms with van der Waals surface area (Å²) in [6.07, 6.45) is 7.70. The minimum Gasteiger partial charge on any atom is -0.465 e. The molecule has 0 heterocycles. The topological polar surface area (TPSA) is 38.3 Å². The van der Waals surface area contributed by atoms with E-state index in [1.807, 2.05) is 25.6 Å². The Morgan fingerprint density at radius 2 is 2.10 bits per heavy atom. The number of nitrogens with one attached hydrogen (secondary N) is 1. The lowest BCUT2D eigenvalue weighted by atomic mass is 9.91. The zero-order valence-electron chi connectivity index (χ0n) is 13.1. The van der Waals surface area contributed by atoms with Gasteiger partial charge in [0.15, 0.2) is 0 Å². The van der Waals surface area contributed by atoms with Crippen LogP contribution in [0.3, 0.4) is 0 Å². The molecule has 2 aliphatic rings. The molecule has 20 heavy (non-hydrogen) atoms. The van der Waals surface area contributed by atoms with Crippen LogP contribution in [-0.4, -0.2) is 35.2 Å². The van der Waals surface area contributed by atoms with Crippen molar-refractivity contribution in [2.24, 2.45) is 5.92 Å². The van der Waals surface area contributed by atoms with Gasteiger partial charge >= 0.3 is 5.97 Å². The number of hydrogen-bond donors (Lipinski definition) is 1. The molecule has 0 saturated heterocycles. The van der Waals surface area contributed by atoms with Crippen molar-refractivity contribution in [1.82, 2.24) is 5.32 Å². The predicted octanol–water partition coefficient (Wildman–Crippen LogP) is 3.37. The van der Waals surface area contributed by atoms with Gasteiger partial charge in [-0.3, -0.25) is 10.1 Å². The summed E-state index contributed by atoms with van der Waals surface area (Å²) in [5.41, 5.74) is -0.511. The Hall–Kier alpha value is -0.220. The van der Waals surface area contributed by atoms with E-state index in [4.69, 9.17) is 4.74 Å². The molecule has 0 radical (unpaired) electrons. The van der Waals surface area contributed by atoms with Gasteiger partial charge in [0.1, 0.15) is 5.54 Å². The normalized spacial score (nSPS) is 29.8. The molecule has 2 saturated carbocycles. The molecule has 2 rings (SSSR count). The van der Waals surface area contributed by atoms with Crippen LogP contribution in [0.25, 0.3) is 0 Å². The first-order chi connectivity index (χ1) is 9.53. The van der Waals surface area contributed by atoms with E-state index < -0.39 is 5.54 Å². The molecule has 3 unspecified atom stereocenters. The molecule has 0 aromatic rings. The molecule has 0 aliphatic heterocycles. The smallest absolute Gasteiger partial charge is 0.326 e. The Morgan fingerprint density at radius 1 is 1.35 bits per heavy atom. The van der Waals surface area contributed by atoms with Gasteiger partial charge in [-0.05, 0) is 45.4 Å². The average molecular weight is 299 g/mol. The van der Waals surface area contributed by atoms with E-state index in [1.165, 1.54) is 38.5 Å². The molecule has 0 aromatic carbocycles. The molecule has 0 bridgehead atoms. The summed E-state index contributed by atoms with van der Waals surface area (Å²) in [5.74, 6) is 1.59. The molecule has 2 aliphatic carbocycles. The SMILES string of the molecule is CCOC(=O)C(C)(CSC1CCCC(C)C1)NC1CC1. The summed E-state index contributed by atoms with van der Waals surface area (Å²) in [6.45, 7) is 6.71. The van der Waals surface area contributed by atoms with Crippen LogP contribution in [0.4, 0.5) is 0 Å². The summed E-state index contributed by atoms with van der Waals surface area (Å²) in [5, 5.41) is 4.22. The minimum atomic E-state index is -0.511. The minimum absolute atomic E-state index is 0.0803. The van der Waals surface area contributed by atoms with Crippen LogP contribution in [0.2, 0.25) is 0 Å². The van der Waals surface area contributed by atoms with Crippen LogP contribution in [-0.2, 0) is 9.53 Å². The highest BCUT2D eigenvalue weighted by atomic mass is 32.2. The monoisotopic (exact) mass is 299 g/mol. The number of carbonyl (C=O) groups is 1. The molecule has 116 valence electrons. The Morgan fingerprint density at radius 3 is 2.70 bits per heavy atom. The van der Waals surface area contributed by atoms with Crippen LogP contribution in [0.15, 0.2) is 0 Å². The van der Waals surface area contributed by atoms with E-state index in [1.54, 1.807) is 0 Å². The largest absolute Gasteiger partial charge is 0.465 e. The van der Waals surface area contributed by atoms with Crippen LogP contribution >= 0.6 is 11.8 Å². The maximum atomic E-state index is 12.3. The fourth-order valence-electron chi connectivity index (χ4n) is 2.94. The first-order valence-corrected chi connectivity index (χ1v) is 9.15. The van der Waals surface area contributed by atoms with Crippen molar-refractivity contribution in [3.8, 4) is 0 Å². The lowest BCUT2D eigenvalue weighted by Gasteiger charge is -2.32. The Kier molecular flexibility index (Phi) is 5.79. The first kappa shape index (κ1) is 16.2. The second-order valence-corrected chi connectivity index (χ2v) is 7.96. The van der Waals surface area contributed by atoms with Gasteiger partial charge < -0.3 is 4.74 Å². The fourth-order valence-corrected chi connectivity index (χ4v) is 4.51. The van der Waals surface area contributed by atoms with Gasteiger partial charge in [0.2, 0.25) is 0 Å². The lowest BCUT2D eigenvalue weighted by Crippen LogP contribution is -2.54. The molecule has 4 heteroatoms. The number of esters is 1. The fraction of sp³-hybridized carbons (Fsp3) is 0.938. The maximum Gasteiger partial charge on any atom is 0.326 e. The molecule has 0 amide bonds. The van der Waals surface area contributed by atoms with Crippen molar-refractivity contribution in [3.05, 3.63) is 0 Å². The average Bonchev–Trinajstić information content (AvgIpc) is 3.21. The molecule has 2 fully saturated rings. The Balaban J connectivity index is 1.87. The number of carbonyl (C=O) groups excluding carboxylic acids is 1. The van der Waals surface area contributed by atoms with Crippen molar-refractivity contribution < 1.29 is 9.53 Å². The van der Waals surface area contributed by atoms with Crippen molar-refractivity contribution in [2.75, 3.05) is 12.4 Å². The quantitative estimate of drug-likeness (QED) is 0.732. The van der Waals surface area contributed by atoms with Crippen LogP contribution in [0, 0.1) is 5.92 Å². The Bertz CT molecular complexity index is 332. The summed E-state index contributed by atoms with van der Waals surface area (Å²) in [7, 11) is 0. The third-order valence-corrected chi connectivity index (χ3v) is 5.97. The Labute approximate surface area is 127 Å². The molecular formula is C16H29NO2S. The number of thioether (sulfide) groups is 1. The van der Waals surface area contributed by atoms with E-state index in [0.717, 1.165) is 11.7 Å². The molecule has 3 atom stereocenters. The molecule has 0 spiro atoms. The molecular weight excluding hydrogens is 270 g/mol. The summed E-state index contributed by atoms with van der Waals surface area (Å²) >= 11 is 1.97. The third kappa shape index (κ3) is 4.66. The van der Waals surface area contributed by atoms with Crippen molar-refractivity contribution in [2.45, 2.75) is 76.1 Å². The second kappa shape index (κ2) is 7.17. The third-order valence-electron chi connectivity index (χ3n) is 4.32. The van der Waals surface area contributed by atoms with Gasteiger partial charge in [0.25, 0.3) is 0 Å². The highest BCUT2D eigenvalue weighted by molar-refractivity contribution is 8.00. The van der Waals surface area contributed by atoms with E-state index >= 15 is 0 Å². The van der Waals surface area contributed by atoms with Crippen LogP contribution in [0.5, 0.6) is 0 Å². The number of rotatable bonds is 7. The lowest BCUT2D eigenvalue weighted by molar-refractivity contribution is -0.149. The van der Waals surface area contributed by atoms with Gasteiger partial charge in [-0.1, -0.05) is 19.8 Å². The summed E-state index contributed by atoms with van der Waals surface area (Å²) in [6, 6.07) is 0.523. The zero-order valence-corrected chi connectivity index (χ0v) is 13.9. The second-order valence-electron chi connectivity index (χ2n) is 6.68. The van der Waals surface area contributed by atoms with Crippen molar-refractivity contribution in [1.29, 1.82) is 0 Å². The number of ether oxygens (including phenoxy) is 1. The van der Waals surface area contributed by atoms with Crippen LogP contribution in [0.1, 0.15) is 59.3 Å². The van der Waals surface area contributed by atoms with Crippen molar-refractivity contribution >= 4 is 17.7 Å². The highest BCUT2D eigenvalue weighted by Crippen LogP contribution is 2.34. The summed E-state index contributed by atoms with van der Waals surface area (Å²) < 4.78 is 5.28. The standard InChI is InChI=1S/C16H29NO2S/c1-4-19-15(18)16(3,17-13-8-9-13)11-20-14-7-5-6-12(2)10-14/h12-14,17H,4-11H2,1-3H3. The van der Waals surface area contributed by atoms with Gasteiger partial charge in [0, 0.05) is 17.0 Å². The van der Waals surface area contributed by atoms with Crippen LogP contribution < -0.4 is 5.32 Å². The van der Waals surface area contributed by atoms with Crippen molar-refractivity contribution in [3.63, 3.8) is 0 Å². The molecule has 3 nitrogen and oxygen atoms in total. The van der Waals surface area contributed by atoms with Gasteiger partial charge in [-0.15, -0.1) is 0 Å². The van der Waals surface area contributed by atoms with E-state index in [0.29, 0.717) is 17.9 Å². The molecule has 1 N–H and O–H groups in total.